The minimum Gasteiger partial charge on any atom is -0.503 e. The van der Waals surface area contributed by atoms with Gasteiger partial charge in [-0.25, -0.2) is 9.52 Å². The molecular weight excluding hydrogens is 234 g/mol. The molecule has 0 fully saturated rings. The van der Waals surface area contributed by atoms with Crippen molar-refractivity contribution in [2.75, 3.05) is 18.1 Å². The highest BCUT2D eigenvalue weighted by Gasteiger charge is 2.39. The number of aliphatic hydroxyl groups excluding tert-OH is 1. The number of rotatable bonds is 1. The van der Waals surface area contributed by atoms with Gasteiger partial charge in [-0.2, -0.15) is 0 Å². The van der Waals surface area contributed by atoms with Crippen LogP contribution in [0.5, 0.6) is 0 Å². The highest BCUT2D eigenvalue weighted by molar-refractivity contribution is 8.02. The first-order valence-electron chi connectivity index (χ1n) is 4.16. The maximum Gasteiger partial charge on any atom is 0.393 e. The van der Waals surface area contributed by atoms with Gasteiger partial charge >= 0.3 is 10.9 Å². The molecule has 1 atom stereocenters. The van der Waals surface area contributed by atoms with Crippen molar-refractivity contribution >= 4 is 39.8 Å². The van der Waals surface area contributed by atoms with Crippen molar-refractivity contribution in [1.82, 2.24) is 0 Å². The summed E-state index contributed by atoms with van der Waals surface area (Å²) < 4.78 is 7.79. The van der Waals surface area contributed by atoms with Crippen molar-refractivity contribution in [3.63, 3.8) is 0 Å². The molecule has 0 amide bonds. The van der Waals surface area contributed by atoms with E-state index in [1.165, 1.54) is 18.4 Å². The Morgan fingerprint density at radius 2 is 2.33 bits per heavy atom. The lowest BCUT2D eigenvalue weighted by atomic mass is 10.2. The zero-order valence-electron chi connectivity index (χ0n) is 8.23. The van der Waals surface area contributed by atoms with E-state index < -0.39 is 17.1 Å². The van der Waals surface area contributed by atoms with E-state index in [1.54, 1.807) is 5.38 Å². The zero-order chi connectivity index (χ0) is 11.0. The maximum atomic E-state index is 11.4. The Morgan fingerprint density at radius 1 is 1.60 bits per heavy atom. The van der Waals surface area contributed by atoms with Gasteiger partial charge < -0.3 is 9.84 Å². The number of thiophene rings is 1. The van der Waals surface area contributed by atoms with Crippen molar-refractivity contribution in [3.8, 4) is 0 Å². The van der Waals surface area contributed by atoms with Gasteiger partial charge in [0.15, 0.2) is 5.76 Å². The first-order valence-corrected chi connectivity index (χ1v) is 6.73. The summed E-state index contributed by atoms with van der Waals surface area (Å²) in [4.78, 5) is 11.8. The molecule has 1 aromatic rings. The van der Waals surface area contributed by atoms with Crippen LogP contribution in [-0.2, 0) is 20.6 Å². The van der Waals surface area contributed by atoms with Crippen LogP contribution in [0.3, 0.4) is 0 Å². The first-order chi connectivity index (χ1) is 7.15. The van der Waals surface area contributed by atoms with Crippen LogP contribution in [0.15, 0.2) is 15.7 Å². The average Bonchev–Trinajstić information content (AvgIpc) is 2.65. The molecule has 1 aliphatic heterocycles. The summed E-state index contributed by atoms with van der Waals surface area (Å²) in [6.45, 7) is 0. The number of carbonyl (C=O) groups is 1. The molecule has 80 valence electrons. The third kappa shape index (κ3) is 1.59. The van der Waals surface area contributed by atoms with Crippen molar-refractivity contribution < 1.29 is 14.6 Å². The molecule has 1 aromatic heterocycles. The molecule has 2 N–H and O–H groups in total. The molecule has 2 heterocycles. The molecule has 1 unspecified atom stereocenters. The van der Waals surface area contributed by atoms with Crippen molar-refractivity contribution in [1.29, 1.82) is 0 Å². The van der Waals surface area contributed by atoms with Crippen molar-refractivity contribution in [3.05, 3.63) is 21.2 Å². The molecule has 0 aromatic carbocycles. The minimum absolute atomic E-state index is 0.0303. The highest BCUT2D eigenvalue weighted by Crippen LogP contribution is 2.36. The monoisotopic (exact) mass is 244 g/mol. The van der Waals surface area contributed by atoms with Crippen LogP contribution in [0.25, 0.3) is 5.76 Å². The summed E-state index contributed by atoms with van der Waals surface area (Å²) in [5.41, 5.74) is 1.54. The zero-order valence-corrected chi connectivity index (χ0v) is 9.87. The predicted molar refractivity (Wildman–Crippen MR) is 62.8 cm³/mol. The summed E-state index contributed by atoms with van der Waals surface area (Å²) in [5.74, 6) is -0.453. The molecule has 0 bridgehead atoms. The Balaban J connectivity index is 2.53. The summed E-state index contributed by atoms with van der Waals surface area (Å²) in [6.07, 6.45) is 1.84. The fourth-order valence-electron chi connectivity index (χ4n) is 1.36. The Bertz CT molecular complexity index is 438. The van der Waals surface area contributed by atoms with Gasteiger partial charge in [-0.1, -0.05) is 0 Å². The minimum atomic E-state index is -0.516. The van der Waals surface area contributed by atoms with Gasteiger partial charge in [-0.15, -0.1) is 11.3 Å². The molecule has 0 radical (unpaired) electrons. The van der Waals surface area contributed by atoms with Crippen LogP contribution in [0, 0.1) is 0 Å². The molecule has 15 heavy (non-hydrogen) atoms. The number of aliphatic hydroxyl groups is 1. The number of hydrogen-bond acceptors (Lipinski definition) is 5. The van der Waals surface area contributed by atoms with Gasteiger partial charge in [0.05, 0.1) is 12.7 Å². The molecule has 0 saturated heterocycles. The molecular formula is C9H10NO3S2+. The molecule has 6 heteroatoms. The number of esters is 1. The van der Waals surface area contributed by atoms with E-state index >= 15 is 0 Å². The SMILES string of the molecule is COC(=O)C1=C(O)c2cscc2N[S+]1C. The quantitative estimate of drug-likeness (QED) is 0.583. The second kappa shape index (κ2) is 3.79. The van der Waals surface area contributed by atoms with Crippen LogP contribution in [0.1, 0.15) is 5.56 Å². The van der Waals surface area contributed by atoms with E-state index in [0.717, 1.165) is 5.69 Å². The summed E-state index contributed by atoms with van der Waals surface area (Å²) in [5, 5.41) is 13.6. The lowest BCUT2D eigenvalue weighted by Gasteiger charge is -2.14. The van der Waals surface area contributed by atoms with E-state index in [9.17, 15) is 9.90 Å². The average molecular weight is 244 g/mol. The van der Waals surface area contributed by atoms with E-state index in [4.69, 9.17) is 0 Å². The van der Waals surface area contributed by atoms with E-state index in [-0.39, 0.29) is 5.76 Å². The van der Waals surface area contributed by atoms with Gasteiger partial charge in [0.2, 0.25) is 0 Å². The summed E-state index contributed by atoms with van der Waals surface area (Å²) in [7, 11) is 1.31. The van der Waals surface area contributed by atoms with Crippen LogP contribution in [-0.4, -0.2) is 24.4 Å². The molecule has 2 rings (SSSR count). The Kier molecular flexibility index (Phi) is 2.62. The van der Waals surface area contributed by atoms with Gasteiger partial charge in [0, 0.05) is 10.8 Å². The van der Waals surface area contributed by atoms with Gasteiger partial charge in [-0.3, -0.25) is 0 Å². The summed E-state index contributed by atoms with van der Waals surface area (Å²) in [6, 6.07) is 0. The number of hydrogen-bond donors (Lipinski definition) is 2. The third-order valence-corrected chi connectivity index (χ3v) is 4.31. The van der Waals surface area contributed by atoms with E-state index in [1.807, 2.05) is 11.6 Å². The van der Waals surface area contributed by atoms with E-state index in [2.05, 4.69) is 9.46 Å². The lowest BCUT2D eigenvalue weighted by molar-refractivity contribution is -0.135. The standard InChI is InChI=1S/C9H9NO3S2/c1-13-9(12)8-7(11)5-3-14-4-6(5)10-15(8)2/h3-4,10H,1-2H3/p+1. The summed E-state index contributed by atoms with van der Waals surface area (Å²) >= 11 is 0.962. The fourth-order valence-corrected chi connectivity index (χ4v) is 3.53. The Hall–Kier alpha value is -1.14. The Labute approximate surface area is 94.0 Å². The van der Waals surface area contributed by atoms with E-state index in [0.29, 0.717) is 10.5 Å². The first kappa shape index (κ1) is 10.4. The van der Waals surface area contributed by atoms with Crippen molar-refractivity contribution in [2.24, 2.45) is 0 Å². The topological polar surface area (TPSA) is 58.6 Å². The molecule has 1 aliphatic rings. The van der Waals surface area contributed by atoms with Crippen LogP contribution in [0.2, 0.25) is 0 Å². The Morgan fingerprint density at radius 3 is 3.00 bits per heavy atom. The second-order valence-electron chi connectivity index (χ2n) is 2.98. The van der Waals surface area contributed by atoms with Crippen molar-refractivity contribution in [2.45, 2.75) is 0 Å². The van der Waals surface area contributed by atoms with Gasteiger partial charge in [-0.05, 0) is 0 Å². The number of anilines is 1. The lowest BCUT2D eigenvalue weighted by Crippen LogP contribution is -2.25. The normalized spacial score (nSPS) is 19.5. The van der Waals surface area contributed by atoms with Crippen LogP contribution >= 0.6 is 11.3 Å². The molecule has 4 nitrogen and oxygen atoms in total. The number of nitrogens with one attached hydrogen (secondary N) is 1. The highest BCUT2D eigenvalue weighted by atomic mass is 32.2. The second-order valence-corrected chi connectivity index (χ2v) is 5.36. The van der Waals surface area contributed by atoms with Crippen LogP contribution < -0.4 is 4.72 Å². The number of carbonyl (C=O) groups excluding carboxylic acids is 1. The fraction of sp³-hybridized carbons (Fsp3) is 0.222. The number of methoxy groups -OCH3 is 1. The van der Waals surface area contributed by atoms with Crippen LogP contribution in [0.4, 0.5) is 5.69 Å². The molecule has 0 aliphatic carbocycles. The largest absolute Gasteiger partial charge is 0.503 e. The molecule has 0 saturated carbocycles. The smallest absolute Gasteiger partial charge is 0.393 e. The van der Waals surface area contributed by atoms with Gasteiger partial charge in [0.25, 0.3) is 0 Å². The third-order valence-electron chi connectivity index (χ3n) is 2.07. The van der Waals surface area contributed by atoms with Gasteiger partial charge in [0.1, 0.15) is 23.0 Å². The predicted octanol–water partition coefficient (Wildman–Crippen LogP) is 1.74. The number of ether oxygens (including phenoxy) is 1. The molecule has 0 spiro atoms. The number of fused-ring (bicyclic) bond motifs is 1. The maximum absolute atomic E-state index is 11.4.